The van der Waals surface area contributed by atoms with E-state index in [1.807, 2.05) is 0 Å². The first-order valence-corrected chi connectivity index (χ1v) is 7.61. The van der Waals surface area contributed by atoms with E-state index in [9.17, 15) is 0 Å². The molecule has 106 valence electrons. The van der Waals surface area contributed by atoms with Crippen LogP contribution in [0.1, 0.15) is 40.0 Å². The predicted octanol–water partition coefficient (Wildman–Crippen LogP) is 5.79. The van der Waals surface area contributed by atoms with Gasteiger partial charge in [0.1, 0.15) is 0 Å². The topological polar surface area (TPSA) is 3.24 Å². The van der Waals surface area contributed by atoms with Crippen LogP contribution in [-0.2, 0) is 0 Å². The Morgan fingerprint density at radius 1 is 0.800 bits per heavy atom. The number of benzene rings is 2. The Labute approximate surface area is 123 Å². The average molecular weight is 267 g/mol. The molecule has 2 rings (SSSR count). The van der Waals surface area contributed by atoms with Crippen LogP contribution in [0.15, 0.2) is 60.7 Å². The average Bonchev–Trinajstić information content (AvgIpc) is 2.50. The van der Waals surface area contributed by atoms with Gasteiger partial charge in [-0.1, -0.05) is 56.7 Å². The summed E-state index contributed by atoms with van der Waals surface area (Å²) in [6, 6.07) is 21.5. The highest BCUT2D eigenvalue weighted by Gasteiger charge is 2.30. The third kappa shape index (κ3) is 3.04. The number of rotatable bonds is 6. The highest BCUT2D eigenvalue weighted by atomic mass is 15.2. The molecule has 0 aliphatic rings. The lowest BCUT2D eigenvalue weighted by molar-refractivity contribution is 0.405. The Kier molecular flexibility index (Phi) is 4.84. The largest absolute Gasteiger partial charge is 0.336 e. The maximum absolute atomic E-state index is 2.50. The molecule has 0 aliphatic carbocycles. The lowest BCUT2D eigenvalue weighted by atomic mass is 9.89. The lowest BCUT2D eigenvalue weighted by Gasteiger charge is -2.43. The summed E-state index contributed by atoms with van der Waals surface area (Å²) in [5.41, 5.74) is 2.70. The minimum Gasteiger partial charge on any atom is -0.336 e. The number of anilines is 2. The molecule has 0 radical (unpaired) electrons. The van der Waals surface area contributed by atoms with Crippen LogP contribution in [0.5, 0.6) is 0 Å². The summed E-state index contributed by atoms with van der Waals surface area (Å²) in [4.78, 5) is 2.50. The summed E-state index contributed by atoms with van der Waals surface area (Å²) < 4.78 is 0. The second-order valence-electron chi connectivity index (χ2n) is 5.61. The molecule has 2 aromatic carbocycles. The van der Waals surface area contributed by atoms with E-state index in [1.165, 1.54) is 24.2 Å². The Morgan fingerprint density at radius 3 is 1.60 bits per heavy atom. The van der Waals surface area contributed by atoms with E-state index >= 15 is 0 Å². The first kappa shape index (κ1) is 14.6. The van der Waals surface area contributed by atoms with Gasteiger partial charge in [-0.3, -0.25) is 0 Å². The van der Waals surface area contributed by atoms with Crippen molar-refractivity contribution in [3.63, 3.8) is 0 Å². The van der Waals surface area contributed by atoms with Crippen molar-refractivity contribution in [1.29, 1.82) is 0 Å². The van der Waals surface area contributed by atoms with E-state index in [1.54, 1.807) is 0 Å². The molecule has 0 aromatic heterocycles. The Morgan fingerprint density at radius 2 is 1.25 bits per heavy atom. The fraction of sp³-hybridized carbons (Fsp3) is 0.368. The Hall–Kier alpha value is -1.76. The van der Waals surface area contributed by atoms with Crippen LogP contribution in [0.25, 0.3) is 0 Å². The highest BCUT2D eigenvalue weighted by molar-refractivity contribution is 5.65. The van der Waals surface area contributed by atoms with Crippen molar-refractivity contribution >= 4 is 11.4 Å². The van der Waals surface area contributed by atoms with Crippen molar-refractivity contribution in [3.05, 3.63) is 60.7 Å². The number of para-hydroxylation sites is 2. The first-order valence-electron chi connectivity index (χ1n) is 7.61. The molecule has 0 spiro atoms. The van der Waals surface area contributed by atoms with Crippen molar-refractivity contribution in [2.75, 3.05) is 4.90 Å². The number of nitrogens with zero attached hydrogens (tertiary/aromatic N) is 1. The molecule has 0 N–H and O–H groups in total. The predicted molar refractivity (Wildman–Crippen MR) is 88.6 cm³/mol. The summed E-state index contributed by atoms with van der Waals surface area (Å²) in [7, 11) is 0. The SMILES string of the molecule is CCCC(C)(CC)N(c1ccccc1)c1ccccc1. The second-order valence-corrected chi connectivity index (χ2v) is 5.61. The molecule has 1 unspecified atom stereocenters. The van der Waals surface area contributed by atoms with Gasteiger partial charge in [0.2, 0.25) is 0 Å². The molecule has 0 bridgehead atoms. The van der Waals surface area contributed by atoms with Crippen molar-refractivity contribution in [2.45, 2.75) is 45.6 Å². The molecule has 1 atom stereocenters. The molecule has 0 saturated carbocycles. The second kappa shape index (κ2) is 6.60. The van der Waals surface area contributed by atoms with Gasteiger partial charge in [-0.05, 0) is 44.0 Å². The maximum atomic E-state index is 2.50. The Bertz CT molecular complexity index is 466. The van der Waals surface area contributed by atoms with Crippen LogP contribution in [0.4, 0.5) is 11.4 Å². The highest BCUT2D eigenvalue weighted by Crippen LogP contribution is 2.37. The van der Waals surface area contributed by atoms with Crippen molar-refractivity contribution < 1.29 is 0 Å². The van der Waals surface area contributed by atoms with Gasteiger partial charge in [0, 0.05) is 16.9 Å². The van der Waals surface area contributed by atoms with Crippen LogP contribution in [-0.4, -0.2) is 5.54 Å². The first-order chi connectivity index (χ1) is 9.71. The minimum atomic E-state index is 0.150. The van der Waals surface area contributed by atoms with Gasteiger partial charge in [-0.2, -0.15) is 0 Å². The Balaban J connectivity index is 2.50. The van der Waals surface area contributed by atoms with E-state index in [0.29, 0.717) is 0 Å². The third-order valence-corrected chi connectivity index (χ3v) is 4.12. The molecule has 0 amide bonds. The molecule has 0 saturated heterocycles. The van der Waals surface area contributed by atoms with Crippen molar-refractivity contribution in [3.8, 4) is 0 Å². The van der Waals surface area contributed by atoms with Gasteiger partial charge in [-0.25, -0.2) is 0 Å². The van der Waals surface area contributed by atoms with Crippen LogP contribution >= 0.6 is 0 Å². The van der Waals surface area contributed by atoms with Crippen LogP contribution in [0, 0.1) is 0 Å². The molecule has 1 heteroatoms. The van der Waals surface area contributed by atoms with Gasteiger partial charge in [0.15, 0.2) is 0 Å². The maximum Gasteiger partial charge on any atom is 0.0420 e. The molecular formula is C19H25N. The molecule has 1 nitrogen and oxygen atoms in total. The van der Waals surface area contributed by atoms with Crippen molar-refractivity contribution in [1.82, 2.24) is 0 Å². The zero-order valence-corrected chi connectivity index (χ0v) is 12.8. The molecular weight excluding hydrogens is 242 g/mol. The molecule has 0 aliphatic heterocycles. The van der Waals surface area contributed by atoms with E-state index in [4.69, 9.17) is 0 Å². The smallest absolute Gasteiger partial charge is 0.0420 e. The normalized spacial score (nSPS) is 13.8. The fourth-order valence-electron chi connectivity index (χ4n) is 2.91. The lowest BCUT2D eigenvalue weighted by Crippen LogP contribution is -2.42. The van der Waals surface area contributed by atoms with Gasteiger partial charge >= 0.3 is 0 Å². The van der Waals surface area contributed by atoms with Gasteiger partial charge in [0.25, 0.3) is 0 Å². The van der Waals surface area contributed by atoms with Crippen molar-refractivity contribution in [2.24, 2.45) is 0 Å². The molecule has 20 heavy (non-hydrogen) atoms. The molecule has 0 fully saturated rings. The fourth-order valence-corrected chi connectivity index (χ4v) is 2.91. The monoisotopic (exact) mass is 267 g/mol. The van der Waals surface area contributed by atoms with Crippen LogP contribution < -0.4 is 4.90 Å². The summed E-state index contributed by atoms with van der Waals surface area (Å²) >= 11 is 0. The van der Waals surface area contributed by atoms with Gasteiger partial charge in [-0.15, -0.1) is 0 Å². The minimum absolute atomic E-state index is 0.150. The van der Waals surface area contributed by atoms with E-state index < -0.39 is 0 Å². The van der Waals surface area contributed by atoms with Gasteiger partial charge < -0.3 is 4.90 Å². The summed E-state index contributed by atoms with van der Waals surface area (Å²) in [6.45, 7) is 6.92. The number of hydrogen-bond donors (Lipinski definition) is 0. The third-order valence-electron chi connectivity index (χ3n) is 4.12. The summed E-state index contributed by atoms with van der Waals surface area (Å²) in [5, 5.41) is 0. The van der Waals surface area contributed by atoms with E-state index in [-0.39, 0.29) is 5.54 Å². The standard InChI is InChI=1S/C19H25N/c1-4-16-19(3,5-2)20(17-12-8-6-9-13-17)18-14-10-7-11-15-18/h6-15H,4-5,16H2,1-3H3. The zero-order chi connectivity index (χ0) is 14.4. The molecule has 0 heterocycles. The summed E-state index contributed by atoms with van der Waals surface area (Å²) in [6.07, 6.45) is 3.51. The number of hydrogen-bond acceptors (Lipinski definition) is 1. The van der Waals surface area contributed by atoms with Crippen LogP contribution in [0.3, 0.4) is 0 Å². The zero-order valence-electron chi connectivity index (χ0n) is 12.8. The summed E-state index contributed by atoms with van der Waals surface area (Å²) in [5.74, 6) is 0. The van der Waals surface area contributed by atoms with E-state index in [2.05, 4.69) is 86.3 Å². The quantitative estimate of drug-likeness (QED) is 0.640. The van der Waals surface area contributed by atoms with Crippen LogP contribution in [0.2, 0.25) is 0 Å². The van der Waals surface area contributed by atoms with Gasteiger partial charge in [0.05, 0.1) is 0 Å². The molecule has 2 aromatic rings. The van der Waals surface area contributed by atoms with E-state index in [0.717, 1.165) is 6.42 Å².